The van der Waals surface area contributed by atoms with E-state index >= 15 is 4.39 Å². The number of alkyl halides is 1. The Labute approximate surface area is 199 Å². The highest BCUT2D eigenvalue weighted by Crippen LogP contribution is 2.32. The topological polar surface area (TPSA) is 64.7 Å². The lowest BCUT2D eigenvalue weighted by molar-refractivity contribution is -0.126. The van der Waals surface area contributed by atoms with Crippen molar-refractivity contribution in [3.05, 3.63) is 48.0 Å². The lowest BCUT2D eigenvalue weighted by atomic mass is 9.95. The lowest BCUT2D eigenvalue weighted by Gasteiger charge is -2.42. The van der Waals surface area contributed by atoms with Gasteiger partial charge in [0.05, 0.1) is 25.7 Å². The molecular weight excluding hydrogens is 439 g/mol. The fourth-order valence-electron chi connectivity index (χ4n) is 4.31. The number of hydrogen-bond donors (Lipinski definition) is 2. The van der Waals surface area contributed by atoms with Crippen molar-refractivity contribution in [2.45, 2.75) is 31.6 Å². The van der Waals surface area contributed by atoms with Crippen LogP contribution in [-0.2, 0) is 9.59 Å². The van der Waals surface area contributed by atoms with E-state index < -0.39 is 6.17 Å². The van der Waals surface area contributed by atoms with Crippen LogP contribution in [-0.4, -0.2) is 72.2 Å². The van der Waals surface area contributed by atoms with Gasteiger partial charge in [-0.15, -0.1) is 6.42 Å². The van der Waals surface area contributed by atoms with E-state index in [0.29, 0.717) is 13.0 Å². The number of nitrogens with one attached hydrogen (secondary N) is 2. The molecule has 0 saturated carbocycles. The molecule has 1 aliphatic heterocycles. The molecule has 2 aromatic rings. The van der Waals surface area contributed by atoms with Gasteiger partial charge in [0.2, 0.25) is 11.8 Å². The van der Waals surface area contributed by atoms with Crippen molar-refractivity contribution < 1.29 is 14.0 Å². The Bertz CT molecular complexity index is 1010. The van der Waals surface area contributed by atoms with Crippen molar-refractivity contribution in [1.29, 1.82) is 0 Å². The summed E-state index contributed by atoms with van der Waals surface area (Å²) < 4.78 is 17.1. The number of nitrogens with zero attached hydrogens (tertiary/aromatic N) is 2. The van der Waals surface area contributed by atoms with Crippen LogP contribution < -0.4 is 10.6 Å². The molecular formula is C25H31FN4O2S. The fraction of sp³-hybridized carbons (Fsp3) is 0.440. The van der Waals surface area contributed by atoms with E-state index in [1.807, 2.05) is 18.4 Å². The van der Waals surface area contributed by atoms with Gasteiger partial charge in [-0.05, 0) is 35.9 Å². The SMILES string of the molecule is C#CCNC(=O)CNC(=O)CN(SC)C1CCN(C(C)c2cccc3ccccc23)CC1F. The summed E-state index contributed by atoms with van der Waals surface area (Å²) in [6.45, 7) is 3.16. The zero-order valence-corrected chi connectivity index (χ0v) is 19.9. The first-order valence-electron chi connectivity index (χ1n) is 11.1. The molecule has 3 unspecified atom stereocenters. The molecule has 2 aromatic carbocycles. The van der Waals surface area contributed by atoms with Crippen molar-refractivity contribution >= 4 is 34.5 Å². The number of likely N-dealkylation sites (tertiary alicyclic amines) is 1. The number of rotatable bonds is 9. The standard InChI is InChI=1S/C25H31FN4O2S/c1-4-13-27-24(31)15-28-25(32)17-30(33-3)23-12-14-29(16-22(23)26)18(2)20-11-7-9-19-8-5-6-10-21(19)20/h1,5-11,18,22-23H,12-17H2,2-3H3,(H,27,31)(H,28,32). The summed E-state index contributed by atoms with van der Waals surface area (Å²) in [5.41, 5.74) is 1.20. The number of benzene rings is 2. The Morgan fingerprint density at radius 3 is 2.73 bits per heavy atom. The Balaban J connectivity index is 1.57. The van der Waals surface area contributed by atoms with Crippen LogP contribution >= 0.6 is 11.9 Å². The van der Waals surface area contributed by atoms with Gasteiger partial charge in [0.1, 0.15) is 6.17 Å². The van der Waals surface area contributed by atoms with Gasteiger partial charge >= 0.3 is 0 Å². The van der Waals surface area contributed by atoms with Gasteiger partial charge in [0.25, 0.3) is 0 Å². The van der Waals surface area contributed by atoms with Gasteiger partial charge in [0, 0.05) is 19.1 Å². The molecule has 1 fully saturated rings. The third-order valence-corrected chi connectivity index (χ3v) is 6.97. The number of fused-ring (bicyclic) bond motifs is 1. The molecule has 2 N–H and O–H groups in total. The zero-order chi connectivity index (χ0) is 23.8. The number of carbonyl (C=O) groups excluding carboxylic acids is 2. The predicted molar refractivity (Wildman–Crippen MR) is 132 cm³/mol. The largest absolute Gasteiger partial charge is 0.346 e. The number of piperidine rings is 1. The lowest BCUT2D eigenvalue weighted by Crippen LogP contribution is -2.53. The van der Waals surface area contributed by atoms with Gasteiger partial charge in [-0.3, -0.25) is 14.5 Å². The Kier molecular flexibility index (Phi) is 9.12. The van der Waals surface area contributed by atoms with Crippen LogP contribution in [0.5, 0.6) is 0 Å². The highest BCUT2D eigenvalue weighted by Gasteiger charge is 2.36. The summed E-state index contributed by atoms with van der Waals surface area (Å²) in [4.78, 5) is 26.1. The quantitative estimate of drug-likeness (QED) is 0.436. The summed E-state index contributed by atoms with van der Waals surface area (Å²) in [7, 11) is 0. The maximum Gasteiger partial charge on any atom is 0.240 e. The first kappa shape index (κ1) is 25.0. The Morgan fingerprint density at radius 1 is 1.24 bits per heavy atom. The minimum Gasteiger partial charge on any atom is -0.346 e. The van der Waals surface area contributed by atoms with Gasteiger partial charge in [-0.1, -0.05) is 60.3 Å². The molecule has 0 bridgehead atoms. The van der Waals surface area contributed by atoms with Crippen LogP contribution in [0.4, 0.5) is 4.39 Å². The second-order valence-electron chi connectivity index (χ2n) is 8.13. The monoisotopic (exact) mass is 470 g/mol. The van der Waals surface area contributed by atoms with Gasteiger partial charge in [0.15, 0.2) is 0 Å². The minimum absolute atomic E-state index is 0.0214. The fourth-order valence-corrected chi connectivity index (χ4v) is 5.06. The highest BCUT2D eigenvalue weighted by molar-refractivity contribution is 7.96. The van der Waals surface area contributed by atoms with E-state index in [4.69, 9.17) is 6.42 Å². The number of terminal acetylenes is 1. The van der Waals surface area contributed by atoms with Crippen LogP contribution in [0, 0.1) is 12.3 Å². The predicted octanol–water partition coefficient (Wildman–Crippen LogP) is 2.76. The van der Waals surface area contributed by atoms with Crippen LogP contribution in [0.15, 0.2) is 42.5 Å². The van der Waals surface area contributed by atoms with Crippen LogP contribution in [0.25, 0.3) is 10.8 Å². The molecule has 3 rings (SSSR count). The molecule has 0 radical (unpaired) electrons. The molecule has 6 nitrogen and oxygen atoms in total. The number of hydrogen-bond acceptors (Lipinski definition) is 5. The molecule has 8 heteroatoms. The normalized spacial score (nSPS) is 19.7. The molecule has 0 spiro atoms. The highest BCUT2D eigenvalue weighted by atomic mass is 32.2. The number of halogens is 1. The van der Waals surface area contributed by atoms with Crippen molar-refractivity contribution in [3.8, 4) is 12.3 Å². The second-order valence-corrected chi connectivity index (χ2v) is 8.96. The van der Waals surface area contributed by atoms with E-state index in [9.17, 15) is 9.59 Å². The third-order valence-electron chi connectivity index (χ3n) is 6.10. The van der Waals surface area contributed by atoms with Crippen molar-refractivity contribution in [2.24, 2.45) is 0 Å². The molecule has 0 aliphatic carbocycles. The van der Waals surface area contributed by atoms with Crippen molar-refractivity contribution in [1.82, 2.24) is 19.8 Å². The minimum atomic E-state index is -1.09. The number of carbonyl (C=O) groups is 2. The van der Waals surface area contributed by atoms with Crippen molar-refractivity contribution in [2.75, 3.05) is 39.0 Å². The smallest absolute Gasteiger partial charge is 0.240 e. The maximum atomic E-state index is 15.3. The van der Waals surface area contributed by atoms with Gasteiger partial charge < -0.3 is 10.6 Å². The van der Waals surface area contributed by atoms with E-state index in [1.165, 1.54) is 28.3 Å². The maximum absolute atomic E-state index is 15.3. The molecule has 1 aliphatic rings. The van der Waals surface area contributed by atoms with Crippen LogP contribution in [0.2, 0.25) is 0 Å². The van der Waals surface area contributed by atoms with Crippen LogP contribution in [0.3, 0.4) is 0 Å². The molecule has 2 amide bonds. The molecule has 1 saturated heterocycles. The van der Waals surface area contributed by atoms with E-state index in [2.05, 4.69) is 58.7 Å². The van der Waals surface area contributed by atoms with E-state index in [1.54, 1.807) is 4.31 Å². The van der Waals surface area contributed by atoms with Gasteiger partial charge in [-0.2, -0.15) is 0 Å². The first-order valence-corrected chi connectivity index (χ1v) is 12.3. The average molecular weight is 471 g/mol. The molecule has 0 aromatic heterocycles. The Morgan fingerprint density at radius 2 is 2.00 bits per heavy atom. The van der Waals surface area contributed by atoms with Crippen molar-refractivity contribution in [3.63, 3.8) is 0 Å². The summed E-state index contributed by atoms with van der Waals surface area (Å²) in [6.07, 6.45) is 6.47. The third kappa shape index (κ3) is 6.47. The van der Waals surface area contributed by atoms with Gasteiger partial charge in [-0.25, -0.2) is 8.70 Å². The first-order chi connectivity index (χ1) is 15.9. The average Bonchev–Trinajstić information content (AvgIpc) is 2.84. The molecule has 33 heavy (non-hydrogen) atoms. The summed E-state index contributed by atoms with van der Waals surface area (Å²) in [6, 6.07) is 14.2. The zero-order valence-electron chi connectivity index (χ0n) is 19.1. The van der Waals surface area contributed by atoms with Crippen LogP contribution in [0.1, 0.15) is 24.9 Å². The summed E-state index contributed by atoms with van der Waals surface area (Å²) in [5.74, 6) is 1.63. The molecule has 176 valence electrons. The number of amides is 2. The Hall–Kier alpha value is -2.60. The van der Waals surface area contributed by atoms with E-state index in [0.717, 1.165) is 6.54 Å². The van der Waals surface area contributed by atoms with E-state index in [-0.39, 0.29) is 43.5 Å². The summed E-state index contributed by atoms with van der Waals surface area (Å²) in [5, 5.41) is 7.43. The second kappa shape index (κ2) is 12.0. The molecule has 3 atom stereocenters. The summed E-state index contributed by atoms with van der Waals surface area (Å²) >= 11 is 1.35. The molecule has 1 heterocycles.